The zero-order chi connectivity index (χ0) is 17.6. The van der Waals surface area contributed by atoms with Gasteiger partial charge in [-0.1, -0.05) is 31.2 Å². The highest BCUT2D eigenvalue weighted by Crippen LogP contribution is 2.34. The van der Waals surface area contributed by atoms with Crippen molar-refractivity contribution in [3.8, 4) is 11.5 Å². The van der Waals surface area contributed by atoms with Gasteiger partial charge in [0.15, 0.2) is 6.10 Å². The number of hydrogen-bond donors (Lipinski definition) is 1. The highest BCUT2D eigenvalue weighted by atomic mass is 16.5. The predicted molar refractivity (Wildman–Crippen MR) is 98.2 cm³/mol. The molecule has 2 aromatic carbocycles. The molecule has 3 rings (SSSR count). The molecule has 0 spiro atoms. The molecule has 1 aliphatic rings. The van der Waals surface area contributed by atoms with Gasteiger partial charge in [0.2, 0.25) is 0 Å². The number of hydrogen-bond acceptors (Lipinski definition) is 4. The van der Waals surface area contributed by atoms with E-state index in [0.29, 0.717) is 19.6 Å². The van der Waals surface area contributed by atoms with Crippen LogP contribution in [-0.2, 0) is 11.3 Å². The molecule has 1 aliphatic heterocycles. The largest absolute Gasteiger partial charge is 0.497 e. The summed E-state index contributed by atoms with van der Waals surface area (Å²) in [6.45, 7) is 3.94. The Morgan fingerprint density at radius 3 is 2.72 bits per heavy atom. The van der Waals surface area contributed by atoms with Gasteiger partial charge in [0.25, 0.3) is 5.91 Å². The third-order valence-electron chi connectivity index (χ3n) is 4.24. The number of amides is 1. The van der Waals surface area contributed by atoms with Crippen LogP contribution in [0.1, 0.15) is 18.9 Å². The molecule has 0 aromatic heterocycles. The van der Waals surface area contributed by atoms with Gasteiger partial charge in [0, 0.05) is 13.1 Å². The molecule has 1 amide bonds. The molecule has 5 nitrogen and oxygen atoms in total. The summed E-state index contributed by atoms with van der Waals surface area (Å²) in [6.07, 6.45) is 0.407. The van der Waals surface area contributed by atoms with Crippen LogP contribution in [0.25, 0.3) is 0 Å². The van der Waals surface area contributed by atoms with E-state index in [4.69, 9.17) is 9.47 Å². The number of benzene rings is 2. The Morgan fingerprint density at radius 1 is 1.24 bits per heavy atom. The van der Waals surface area contributed by atoms with Gasteiger partial charge in [-0.25, -0.2) is 0 Å². The van der Waals surface area contributed by atoms with Crippen molar-refractivity contribution >= 4 is 11.6 Å². The number of anilines is 1. The van der Waals surface area contributed by atoms with E-state index in [-0.39, 0.29) is 5.91 Å². The lowest BCUT2D eigenvalue weighted by molar-refractivity contribution is -0.127. The number of fused-ring (bicyclic) bond motifs is 1. The maximum absolute atomic E-state index is 12.4. The normalized spacial score (nSPS) is 15.9. The fourth-order valence-electron chi connectivity index (χ4n) is 2.91. The van der Waals surface area contributed by atoms with Crippen LogP contribution in [0.5, 0.6) is 11.5 Å². The molecule has 1 atom stereocenters. The maximum atomic E-state index is 12.4. The second-order valence-electron chi connectivity index (χ2n) is 6.09. The Kier molecular flexibility index (Phi) is 5.43. The number of carbonyl (C=O) groups is 1. The first-order chi connectivity index (χ1) is 12.2. The van der Waals surface area contributed by atoms with Crippen molar-refractivity contribution < 1.29 is 14.3 Å². The summed E-state index contributed by atoms with van der Waals surface area (Å²) >= 11 is 0. The number of ether oxygens (including phenoxy) is 2. The van der Waals surface area contributed by atoms with Crippen LogP contribution in [0.2, 0.25) is 0 Å². The minimum absolute atomic E-state index is 0.0592. The number of carbonyl (C=O) groups excluding carboxylic acids is 1. The van der Waals surface area contributed by atoms with Gasteiger partial charge in [-0.2, -0.15) is 0 Å². The summed E-state index contributed by atoms with van der Waals surface area (Å²) in [7, 11) is 1.66. The Bertz CT molecular complexity index is 715. The Morgan fingerprint density at radius 2 is 2.00 bits per heavy atom. The molecular formula is C20H24N2O3. The lowest BCUT2D eigenvalue weighted by atomic mass is 10.1. The standard InChI is InChI=1S/C20H24N2O3/c1-3-12-21-20(23)19-14-22(17-6-4-5-7-18(17)25-19)13-15-8-10-16(24-2)11-9-15/h4-11,19H,3,12-14H2,1-2H3,(H,21,23)/t19-/m1/s1. The summed E-state index contributed by atoms with van der Waals surface area (Å²) in [6, 6.07) is 15.8. The third-order valence-corrected chi connectivity index (χ3v) is 4.24. The fraction of sp³-hybridized carbons (Fsp3) is 0.350. The SMILES string of the molecule is CCCNC(=O)[C@H]1CN(Cc2ccc(OC)cc2)c2ccccc2O1. The minimum Gasteiger partial charge on any atom is -0.497 e. The van der Waals surface area contributed by atoms with Crippen molar-refractivity contribution in [3.63, 3.8) is 0 Å². The van der Waals surface area contributed by atoms with E-state index in [2.05, 4.69) is 10.2 Å². The Balaban J connectivity index is 1.79. The zero-order valence-corrected chi connectivity index (χ0v) is 14.7. The van der Waals surface area contributed by atoms with Crippen molar-refractivity contribution in [3.05, 3.63) is 54.1 Å². The van der Waals surface area contributed by atoms with Crippen molar-refractivity contribution in [1.29, 1.82) is 0 Å². The van der Waals surface area contributed by atoms with Gasteiger partial charge < -0.3 is 19.7 Å². The van der Waals surface area contributed by atoms with Crippen molar-refractivity contribution in [2.75, 3.05) is 25.1 Å². The van der Waals surface area contributed by atoms with Gasteiger partial charge in [-0.15, -0.1) is 0 Å². The molecule has 0 aliphatic carbocycles. The van der Waals surface area contributed by atoms with Crippen molar-refractivity contribution in [2.45, 2.75) is 26.0 Å². The summed E-state index contributed by atoms with van der Waals surface area (Å²) in [5, 5.41) is 2.93. The van der Waals surface area contributed by atoms with Crippen LogP contribution in [0.15, 0.2) is 48.5 Å². The monoisotopic (exact) mass is 340 g/mol. The number of nitrogens with one attached hydrogen (secondary N) is 1. The van der Waals surface area contributed by atoms with Crippen LogP contribution < -0.4 is 19.7 Å². The van der Waals surface area contributed by atoms with E-state index in [1.165, 1.54) is 0 Å². The number of rotatable bonds is 6. The second kappa shape index (κ2) is 7.92. The number of para-hydroxylation sites is 2. The molecule has 0 saturated heterocycles. The molecule has 1 N–H and O–H groups in total. The molecule has 132 valence electrons. The maximum Gasteiger partial charge on any atom is 0.262 e. The van der Waals surface area contributed by atoms with Gasteiger partial charge >= 0.3 is 0 Å². The fourth-order valence-corrected chi connectivity index (χ4v) is 2.91. The molecule has 0 bridgehead atoms. The van der Waals surface area contributed by atoms with Crippen molar-refractivity contribution in [1.82, 2.24) is 5.32 Å². The topological polar surface area (TPSA) is 50.8 Å². The molecule has 1 heterocycles. The first kappa shape index (κ1) is 17.1. The minimum atomic E-state index is -0.500. The zero-order valence-electron chi connectivity index (χ0n) is 14.7. The molecule has 25 heavy (non-hydrogen) atoms. The Labute approximate surface area is 148 Å². The van der Waals surface area contributed by atoms with Gasteiger partial charge in [0.1, 0.15) is 11.5 Å². The van der Waals surface area contributed by atoms with E-state index in [9.17, 15) is 4.79 Å². The number of methoxy groups -OCH3 is 1. The van der Waals surface area contributed by atoms with Crippen LogP contribution in [-0.4, -0.2) is 32.2 Å². The Hall–Kier alpha value is -2.69. The average Bonchev–Trinajstić information content (AvgIpc) is 2.66. The summed E-state index contributed by atoms with van der Waals surface area (Å²) in [5.41, 5.74) is 2.17. The first-order valence-corrected chi connectivity index (χ1v) is 8.62. The second-order valence-corrected chi connectivity index (χ2v) is 6.09. The molecule has 2 aromatic rings. The van der Waals surface area contributed by atoms with Crippen LogP contribution >= 0.6 is 0 Å². The molecule has 0 radical (unpaired) electrons. The molecular weight excluding hydrogens is 316 g/mol. The van der Waals surface area contributed by atoms with Crippen LogP contribution in [0.3, 0.4) is 0 Å². The van der Waals surface area contributed by atoms with Gasteiger partial charge in [-0.3, -0.25) is 4.79 Å². The highest BCUT2D eigenvalue weighted by Gasteiger charge is 2.30. The summed E-state index contributed by atoms with van der Waals surface area (Å²) in [5.74, 6) is 1.53. The van der Waals surface area contributed by atoms with E-state index < -0.39 is 6.10 Å². The quantitative estimate of drug-likeness (QED) is 0.878. The van der Waals surface area contributed by atoms with E-state index in [1.54, 1.807) is 7.11 Å². The molecule has 0 saturated carbocycles. The molecule has 5 heteroatoms. The van der Waals surface area contributed by atoms with Crippen LogP contribution in [0, 0.1) is 0 Å². The highest BCUT2D eigenvalue weighted by molar-refractivity contribution is 5.83. The molecule has 0 unspecified atom stereocenters. The lowest BCUT2D eigenvalue weighted by Crippen LogP contribution is -2.48. The van der Waals surface area contributed by atoms with E-state index in [0.717, 1.165) is 29.2 Å². The average molecular weight is 340 g/mol. The van der Waals surface area contributed by atoms with Gasteiger partial charge in [-0.05, 0) is 36.2 Å². The summed E-state index contributed by atoms with van der Waals surface area (Å²) in [4.78, 5) is 14.6. The lowest BCUT2D eigenvalue weighted by Gasteiger charge is -2.35. The predicted octanol–water partition coefficient (Wildman–Crippen LogP) is 2.99. The van der Waals surface area contributed by atoms with Crippen molar-refractivity contribution in [2.24, 2.45) is 0 Å². The number of nitrogens with zero attached hydrogens (tertiary/aromatic N) is 1. The third kappa shape index (κ3) is 4.05. The van der Waals surface area contributed by atoms with Gasteiger partial charge in [0.05, 0.1) is 19.3 Å². The van der Waals surface area contributed by atoms with E-state index >= 15 is 0 Å². The van der Waals surface area contributed by atoms with Crippen LogP contribution in [0.4, 0.5) is 5.69 Å². The first-order valence-electron chi connectivity index (χ1n) is 8.62. The summed E-state index contributed by atoms with van der Waals surface area (Å²) < 4.78 is 11.1. The smallest absolute Gasteiger partial charge is 0.262 e. The molecule has 0 fully saturated rings. The van der Waals surface area contributed by atoms with E-state index in [1.807, 2.05) is 55.5 Å².